The molecular formula is C16H18O3. The second kappa shape index (κ2) is 4.12. The van der Waals surface area contributed by atoms with Gasteiger partial charge in [-0.3, -0.25) is 4.79 Å². The predicted molar refractivity (Wildman–Crippen MR) is 73.5 cm³/mol. The van der Waals surface area contributed by atoms with Gasteiger partial charge in [0.25, 0.3) is 0 Å². The van der Waals surface area contributed by atoms with Gasteiger partial charge in [-0.1, -0.05) is 25.0 Å². The molecular weight excluding hydrogens is 240 g/mol. The van der Waals surface area contributed by atoms with Crippen molar-refractivity contribution >= 4 is 16.9 Å². The van der Waals surface area contributed by atoms with Crippen LogP contribution in [0.1, 0.15) is 42.6 Å². The van der Waals surface area contributed by atoms with Crippen LogP contribution in [0.25, 0.3) is 11.0 Å². The number of rotatable bonds is 2. The van der Waals surface area contributed by atoms with E-state index in [-0.39, 0.29) is 0 Å². The van der Waals surface area contributed by atoms with E-state index < -0.39 is 11.4 Å². The monoisotopic (exact) mass is 258 g/mol. The number of aryl methyl sites for hydroxylation is 2. The van der Waals surface area contributed by atoms with Gasteiger partial charge in [0.1, 0.15) is 11.3 Å². The van der Waals surface area contributed by atoms with Gasteiger partial charge in [0.2, 0.25) is 0 Å². The summed E-state index contributed by atoms with van der Waals surface area (Å²) in [5.41, 5.74) is 2.12. The fourth-order valence-corrected chi connectivity index (χ4v) is 3.25. The Morgan fingerprint density at radius 3 is 2.58 bits per heavy atom. The summed E-state index contributed by atoms with van der Waals surface area (Å²) in [5, 5.41) is 10.7. The summed E-state index contributed by atoms with van der Waals surface area (Å²) in [6.45, 7) is 3.97. The van der Waals surface area contributed by atoms with Crippen molar-refractivity contribution in [1.82, 2.24) is 0 Å². The van der Waals surface area contributed by atoms with Crippen molar-refractivity contribution in [2.75, 3.05) is 0 Å². The number of hydrogen-bond donors (Lipinski definition) is 1. The molecule has 3 heteroatoms. The first-order chi connectivity index (χ1) is 9.04. The van der Waals surface area contributed by atoms with E-state index in [9.17, 15) is 9.90 Å². The highest BCUT2D eigenvalue weighted by Crippen LogP contribution is 2.42. The lowest BCUT2D eigenvalue weighted by Gasteiger charge is -2.24. The van der Waals surface area contributed by atoms with E-state index >= 15 is 0 Å². The van der Waals surface area contributed by atoms with Crippen molar-refractivity contribution in [3.63, 3.8) is 0 Å². The summed E-state index contributed by atoms with van der Waals surface area (Å²) in [6, 6.07) is 5.89. The average molecular weight is 258 g/mol. The summed E-state index contributed by atoms with van der Waals surface area (Å²) >= 11 is 0. The van der Waals surface area contributed by atoms with Crippen LogP contribution in [0.5, 0.6) is 0 Å². The fraction of sp³-hybridized carbons (Fsp3) is 0.438. The van der Waals surface area contributed by atoms with Gasteiger partial charge in [0, 0.05) is 5.39 Å². The smallest absolute Gasteiger partial charge is 0.314 e. The number of carboxylic acids is 1. The Bertz CT molecular complexity index is 645. The Hall–Kier alpha value is -1.77. The molecule has 0 bridgehead atoms. The van der Waals surface area contributed by atoms with Crippen molar-refractivity contribution in [2.24, 2.45) is 0 Å². The molecule has 2 aromatic rings. The lowest BCUT2D eigenvalue weighted by atomic mass is 9.79. The largest absolute Gasteiger partial charge is 0.481 e. The number of benzene rings is 1. The van der Waals surface area contributed by atoms with Crippen LogP contribution in [-0.2, 0) is 10.2 Å². The van der Waals surface area contributed by atoms with Crippen LogP contribution in [0.15, 0.2) is 22.6 Å². The average Bonchev–Trinajstić information content (AvgIpc) is 2.97. The van der Waals surface area contributed by atoms with E-state index in [1.807, 2.05) is 32.0 Å². The first-order valence-electron chi connectivity index (χ1n) is 6.78. The zero-order chi connectivity index (χ0) is 13.6. The topological polar surface area (TPSA) is 50.4 Å². The highest BCUT2D eigenvalue weighted by molar-refractivity contribution is 5.87. The van der Waals surface area contributed by atoms with Gasteiger partial charge >= 0.3 is 5.97 Å². The summed E-state index contributed by atoms with van der Waals surface area (Å²) in [6.07, 6.45) is 3.43. The van der Waals surface area contributed by atoms with Crippen molar-refractivity contribution in [3.8, 4) is 0 Å². The Morgan fingerprint density at radius 1 is 1.26 bits per heavy atom. The summed E-state index contributed by atoms with van der Waals surface area (Å²) in [7, 11) is 0. The molecule has 1 aromatic carbocycles. The third-order valence-electron chi connectivity index (χ3n) is 4.60. The number of aliphatic carboxylic acids is 1. The van der Waals surface area contributed by atoms with Crippen molar-refractivity contribution in [2.45, 2.75) is 44.9 Å². The lowest BCUT2D eigenvalue weighted by Crippen LogP contribution is -2.32. The molecule has 0 aliphatic heterocycles. The van der Waals surface area contributed by atoms with Crippen LogP contribution in [-0.4, -0.2) is 11.1 Å². The van der Waals surface area contributed by atoms with Crippen molar-refractivity contribution < 1.29 is 14.3 Å². The minimum Gasteiger partial charge on any atom is -0.481 e. The first-order valence-corrected chi connectivity index (χ1v) is 6.78. The van der Waals surface area contributed by atoms with E-state index in [0.29, 0.717) is 0 Å². The lowest BCUT2D eigenvalue weighted by molar-refractivity contribution is -0.143. The molecule has 1 aliphatic carbocycles. The number of carboxylic acid groups (broad SMARTS) is 1. The summed E-state index contributed by atoms with van der Waals surface area (Å²) in [4.78, 5) is 11.7. The zero-order valence-electron chi connectivity index (χ0n) is 11.3. The molecule has 1 fully saturated rings. The molecule has 3 nitrogen and oxygen atoms in total. The van der Waals surface area contributed by atoms with Crippen LogP contribution in [0.4, 0.5) is 0 Å². The Labute approximate surface area is 112 Å². The molecule has 0 amide bonds. The molecule has 1 aromatic heterocycles. The second-order valence-electron chi connectivity index (χ2n) is 5.59. The van der Waals surface area contributed by atoms with Crippen LogP contribution in [0, 0.1) is 13.8 Å². The third kappa shape index (κ3) is 1.68. The first kappa shape index (κ1) is 12.3. The van der Waals surface area contributed by atoms with Gasteiger partial charge in [-0.2, -0.15) is 0 Å². The van der Waals surface area contributed by atoms with E-state index in [0.717, 1.165) is 53.5 Å². The summed E-state index contributed by atoms with van der Waals surface area (Å²) in [5.74, 6) is 0.201. The molecule has 0 spiro atoms. The zero-order valence-corrected chi connectivity index (χ0v) is 11.3. The van der Waals surface area contributed by atoms with Gasteiger partial charge in [0.15, 0.2) is 0 Å². The van der Waals surface area contributed by atoms with Crippen LogP contribution in [0.2, 0.25) is 0 Å². The molecule has 1 heterocycles. The summed E-state index contributed by atoms with van der Waals surface area (Å²) < 4.78 is 5.73. The van der Waals surface area contributed by atoms with Crippen LogP contribution < -0.4 is 0 Å². The van der Waals surface area contributed by atoms with E-state index in [4.69, 9.17) is 4.42 Å². The van der Waals surface area contributed by atoms with Gasteiger partial charge in [-0.05, 0) is 43.9 Å². The molecule has 0 saturated heterocycles. The molecule has 1 aliphatic rings. The predicted octanol–water partition coefficient (Wildman–Crippen LogP) is 3.95. The quantitative estimate of drug-likeness (QED) is 0.887. The molecule has 0 unspecified atom stereocenters. The Morgan fingerprint density at radius 2 is 1.95 bits per heavy atom. The minimum absolute atomic E-state index is 0.704. The normalized spacial score (nSPS) is 18.0. The number of fused-ring (bicyclic) bond motifs is 1. The van der Waals surface area contributed by atoms with Gasteiger partial charge < -0.3 is 9.52 Å². The number of hydrogen-bond acceptors (Lipinski definition) is 2. The molecule has 19 heavy (non-hydrogen) atoms. The van der Waals surface area contributed by atoms with E-state index in [1.54, 1.807) is 0 Å². The highest BCUT2D eigenvalue weighted by Gasteiger charge is 2.43. The van der Waals surface area contributed by atoms with Crippen molar-refractivity contribution in [1.29, 1.82) is 0 Å². The molecule has 1 saturated carbocycles. The maximum absolute atomic E-state index is 11.7. The molecule has 1 N–H and O–H groups in total. The van der Waals surface area contributed by atoms with E-state index in [1.165, 1.54) is 0 Å². The maximum Gasteiger partial charge on any atom is 0.314 e. The van der Waals surface area contributed by atoms with Gasteiger partial charge in [-0.15, -0.1) is 0 Å². The highest BCUT2D eigenvalue weighted by atomic mass is 16.4. The second-order valence-corrected chi connectivity index (χ2v) is 5.59. The maximum atomic E-state index is 11.7. The van der Waals surface area contributed by atoms with Crippen LogP contribution in [0.3, 0.4) is 0 Å². The molecule has 0 radical (unpaired) electrons. The van der Waals surface area contributed by atoms with Gasteiger partial charge in [0.05, 0.1) is 5.41 Å². The third-order valence-corrected chi connectivity index (χ3v) is 4.60. The fourth-order valence-electron chi connectivity index (χ4n) is 3.25. The van der Waals surface area contributed by atoms with Crippen LogP contribution >= 0.6 is 0 Å². The standard InChI is InChI=1S/C16H18O3/c1-10-11(2)19-14-9-12(5-6-13(10)14)16(15(17)18)7-3-4-8-16/h5-6,9H,3-4,7-8H2,1-2H3,(H,17,18). The molecule has 100 valence electrons. The number of carbonyl (C=O) groups is 1. The minimum atomic E-state index is -0.706. The SMILES string of the molecule is Cc1oc2cc(C3(C(=O)O)CCCC3)ccc2c1C. The molecule has 0 atom stereocenters. The van der Waals surface area contributed by atoms with Gasteiger partial charge in [-0.25, -0.2) is 0 Å². The Balaban J connectivity index is 2.17. The van der Waals surface area contributed by atoms with E-state index in [2.05, 4.69) is 0 Å². The number of furan rings is 1. The molecule has 3 rings (SSSR count). The Kier molecular flexibility index (Phi) is 2.66. The van der Waals surface area contributed by atoms with Crippen molar-refractivity contribution in [3.05, 3.63) is 35.1 Å².